The van der Waals surface area contributed by atoms with E-state index in [0.29, 0.717) is 5.92 Å². The highest BCUT2D eigenvalue weighted by molar-refractivity contribution is 9.10. The maximum atomic E-state index is 5.39. The highest BCUT2D eigenvalue weighted by Crippen LogP contribution is 2.30. The lowest BCUT2D eigenvalue weighted by Gasteiger charge is -2.19. The second kappa shape index (κ2) is 4.90. The van der Waals surface area contributed by atoms with Crippen LogP contribution in [0.3, 0.4) is 0 Å². The molecule has 0 saturated carbocycles. The van der Waals surface area contributed by atoms with E-state index in [1.165, 1.54) is 0 Å². The van der Waals surface area contributed by atoms with Gasteiger partial charge in [0, 0.05) is 36.0 Å². The van der Waals surface area contributed by atoms with E-state index in [4.69, 9.17) is 14.5 Å². The molecule has 1 aliphatic rings. The van der Waals surface area contributed by atoms with Crippen LogP contribution in [0.4, 0.5) is 0 Å². The van der Waals surface area contributed by atoms with Crippen molar-refractivity contribution in [1.82, 2.24) is 9.38 Å². The molecule has 4 nitrogen and oxygen atoms in total. The Morgan fingerprint density at radius 3 is 2.89 bits per heavy atom. The van der Waals surface area contributed by atoms with Gasteiger partial charge in [0.05, 0.1) is 12.8 Å². The Morgan fingerprint density at radius 1 is 1.39 bits per heavy atom. The third-order valence-corrected chi connectivity index (χ3v) is 3.80. The average molecular weight is 311 g/mol. The minimum Gasteiger partial charge on any atom is -0.493 e. The topological polar surface area (TPSA) is 35.8 Å². The summed E-state index contributed by atoms with van der Waals surface area (Å²) < 4.78 is 13.8. The smallest absolute Gasteiger partial charge is 0.179 e. The van der Waals surface area contributed by atoms with Crippen molar-refractivity contribution in [2.75, 3.05) is 20.3 Å². The second-order valence-electron chi connectivity index (χ2n) is 4.51. The van der Waals surface area contributed by atoms with Crippen molar-refractivity contribution in [3.8, 4) is 5.75 Å². The van der Waals surface area contributed by atoms with Crippen LogP contribution >= 0.6 is 15.9 Å². The average Bonchev–Trinajstić information content (AvgIpc) is 2.82. The Morgan fingerprint density at radius 2 is 2.17 bits per heavy atom. The van der Waals surface area contributed by atoms with E-state index in [1.807, 2.05) is 16.7 Å². The first kappa shape index (κ1) is 12.0. The van der Waals surface area contributed by atoms with Gasteiger partial charge in [-0.1, -0.05) is 0 Å². The van der Waals surface area contributed by atoms with Crippen molar-refractivity contribution in [2.24, 2.45) is 0 Å². The Kier molecular flexibility index (Phi) is 3.26. The summed E-state index contributed by atoms with van der Waals surface area (Å²) >= 11 is 3.48. The number of hydrogen-bond donors (Lipinski definition) is 0. The van der Waals surface area contributed by atoms with E-state index in [0.717, 1.165) is 47.6 Å². The fourth-order valence-corrected chi connectivity index (χ4v) is 2.82. The van der Waals surface area contributed by atoms with Crippen LogP contribution in [0, 0.1) is 0 Å². The number of fused-ring (bicyclic) bond motifs is 1. The van der Waals surface area contributed by atoms with Crippen LogP contribution in [0.5, 0.6) is 5.75 Å². The predicted octanol–water partition coefficient (Wildman–Crippen LogP) is 3.00. The molecule has 3 heterocycles. The number of ether oxygens (including phenoxy) is 2. The van der Waals surface area contributed by atoms with Gasteiger partial charge in [-0.25, -0.2) is 4.98 Å². The zero-order chi connectivity index (χ0) is 12.5. The number of rotatable bonds is 2. The van der Waals surface area contributed by atoms with Gasteiger partial charge in [0.1, 0.15) is 0 Å². The zero-order valence-electron chi connectivity index (χ0n) is 10.2. The molecule has 0 amide bonds. The van der Waals surface area contributed by atoms with Gasteiger partial charge in [0.2, 0.25) is 0 Å². The fourth-order valence-electron chi connectivity index (χ4n) is 2.39. The molecular formula is C13H15BrN2O2. The summed E-state index contributed by atoms with van der Waals surface area (Å²) in [6, 6.07) is 1.94. The molecular weight excluding hydrogens is 296 g/mol. The van der Waals surface area contributed by atoms with Crippen LogP contribution < -0.4 is 4.74 Å². The molecule has 18 heavy (non-hydrogen) atoms. The highest BCUT2D eigenvalue weighted by atomic mass is 79.9. The van der Waals surface area contributed by atoms with Crippen molar-refractivity contribution >= 4 is 21.6 Å². The summed E-state index contributed by atoms with van der Waals surface area (Å²) in [5, 5.41) is 0. The van der Waals surface area contributed by atoms with Gasteiger partial charge in [-0.05, 0) is 34.8 Å². The van der Waals surface area contributed by atoms with Gasteiger partial charge in [-0.15, -0.1) is 0 Å². The van der Waals surface area contributed by atoms with E-state index in [1.54, 1.807) is 7.11 Å². The lowest BCUT2D eigenvalue weighted by atomic mass is 9.97. The number of nitrogens with zero attached hydrogens (tertiary/aromatic N) is 2. The standard InChI is InChI=1S/C13H15BrN2O2/c1-17-12-6-10(14)7-16-8-11(15-13(12)16)9-2-4-18-5-3-9/h6-9H,2-5H2,1H3. The van der Waals surface area contributed by atoms with Crippen molar-refractivity contribution in [3.05, 3.63) is 28.6 Å². The summed E-state index contributed by atoms with van der Waals surface area (Å²) in [4.78, 5) is 4.71. The third kappa shape index (κ3) is 2.12. The Hall–Kier alpha value is -1.07. The van der Waals surface area contributed by atoms with Gasteiger partial charge in [-0.3, -0.25) is 0 Å². The number of aromatic nitrogens is 2. The van der Waals surface area contributed by atoms with Crippen LogP contribution in [0.1, 0.15) is 24.5 Å². The lowest BCUT2D eigenvalue weighted by molar-refractivity contribution is 0.0846. The molecule has 0 spiro atoms. The SMILES string of the molecule is COc1cc(Br)cn2cc(C3CCOCC3)nc12. The van der Waals surface area contributed by atoms with E-state index in [-0.39, 0.29) is 0 Å². The molecule has 0 bridgehead atoms. The Labute approximate surface area is 114 Å². The number of methoxy groups -OCH3 is 1. The van der Waals surface area contributed by atoms with Gasteiger partial charge in [0.15, 0.2) is 11.4 Å². The molecule has 0 N–H and O–H groups in total. The lowest BCUT2D eigenvalue weighted by Crippen LogP contribution is -2.14. The second-order valence-corrected chi connectivity index (χ2v) is 5.43. The summed E-state index contributed by atoms with van der Waals surface area (Å²) in [5.41, 5.74) is 2.01. The van der Waals surface area contributed by atoms with E-state index >= 15 is 0 Å². The van der Waals surface area contributed by atoms with Crippen LogP contribution in [0.15, 0.2) is 22.9 Å². The first-order valence-electron chi connectivity index (χ1n) is 6.08. The van der Waals surface area contributed by atoms with Gasteiger partial charge >= 0.3 is 0 Å². The molecule has 0 atom stereocenters. The maximum Gasteiger partial charge on any atom is 0.179 e. The van der Waals surface area contributed by atoms with Crippen molar-refractivity contribution in [3.63, 3.8) is 0 Å². The van der Waals surface area contributed by atoms with Crippen LogP contribution in [0.2, 0.25) is 0 Å². The maximum absolute atomic E-state index is 5.39. The summed E-state index contributed by atoms with van der Waals surface area (Å²) in [5.74, 6) is 1.30. The monoisotopic (exact) mass is 310 g/mol. The number of imidazole rings is 1. The first-order valence-corrected chi connectivity index (χ1v) is 6.87. The van der Waals surface area contributed by atoms with E-state index < -0.39 is 0 Å². The van der Waals surface area contributed by atoms with Crippen LogP contribution in [-0.2, 0) is 4.74 Å². The van der Waals surface area contributed by atoms with Crippen LogP contribution in [-0.4, -0.2) is 29.7 Å². The van der Waals surface area contributed by atoms with Crippen molar-refractivity contribution in [1.29, 1.82) is 0 Å². The predicted molar refractivity (Wildman–Crippen MR) is 72.2 cm³/mol. The molecule has 2 aromatic heterocycles. The summed E-state index contributed by atoms with van der Waals surface area (Å²) in [6.07, 6.45) is 6.20. The molecule has 5 heteroatoms. The highest BCUT2D eigenvalue weighted by Gasteiger charge is 2.19. The van der Waals surface area contributed by atoms with Crippen LogP contribution in [0.25, 0.3) is 5.65 Å². The summed E-state index contributed by atoms with van der Waals surface area (Å²) in [7, 11) is 1.67. The summed E-state index contributed by atoms with van der Waals surface area (Å²) in [6.45, 7) is 1.67. The van der Waals surface area contributed by atoms with Crippen molar-refractivity contribution < 1.29 is 9.47 Å². The fraction of sp³-hybridized carbons (Fsp3) is 0.462. The van der Waals surface area contributed by atoms with E-state index in [9.17, 15) is 0 Å². The van der Waals surface area contributed by atoms with Crippen molar-refractivity contribution in [2.45, 2.75) is 18.8 Å². The minimum absolute atomic E-state index is 0.502. The number of hydrogen-bond acceptors (Lipinski definition) is 3. The van der Waals surface area contributed by atoms with Gasteiger partial charge < -0.3 is 13.9 Å². The first-order chi connectivity index (χ1) is 8.78. The molecule has 3 rings (SSSR count). The molecule has 0 aliphatic carbocycles. The number of pyridine rings is 1. The normalized spacial score (nSPS) is 17.2. The molecule has 0 aromatic carbocycles. The molecule has 0 radical (unpaired) electrons. The molecule has 0 unspecified atom stereocenters. The Bertz CT molecular complexity index is 561. The Balaban J connectivity index is 2.04. The molecule has 1 saturated heterocycles. The van der Waals surface area contributed by atoms with Gasteiger partial charge in [0.25, 0.3) is 0 Å². The molecule has 2 aromatic rings. The number of halogens is 1. The van der Waals surface area contributed by atoms with E-state index in [2.05, 4.69) is 22.1 Å². The largest absolute Gasteiger partial charge is 0.493 e. The minimum atomic E-state index is 0.502. The third-order valence-electron chi connectivity index (χ3n) is 3.36. The molecule has 1 aliphatic heterocycles. The quantitative estimate of drug-likeness (QED) is 0.855. The zero-order valence-corrected chi connectivity index (χ0v) is 11.8. The van der Waals surface area contributed by atoms with Gasteiger partial charge in [-0.2, -0.15) is 0 Å². The molecule has 96 valence electrons. The molecule has 1 fully saturated rings.